The molecule has 0 aliphatic carbocycles. The number of benzene rings is 1. The molecule has 0 radical (unpaired) electrons. The molecule has 4 nitrogen and oxygen atoms in total. The maximum absolute atomic E-state index is 6.25. The predicted octanol–water partition coefficient (Wildman–Crippen LogP) is 5.29. The van der Waals surface area contributed by atoms with Crippen molar-refractivity contribution in [2.45, 2.75) is 31.0 Å². The third-order valence-electron chi connectivity index (χ3n) is 3.98. The molecular weight excluding hydrogens is 342 g/mol. The number of aryl methyl sites for hydroxylation is 2. The van der Waals surface area contributed by atoms with Crippen molar-refractivity contribution < 1.29 is 4.42 Å². The van der Waals surface area contributed by atoms with E-state index in [0.29, 0.717) is 0 Å². The number of hydrogen-bond donors (Lipinski definition) is 0. The smallest absolute Gasteiger partial charge is 0.153 e. The van der Waals surface area contributed by atoms with Gasteiger partial charge in [0.25, 0.3) is 0 Å². The van der Waals surface area contributed by atoms with Crippen molar-refractivity contribution in [2.24, 2.45) is 0 Å². The quantitative estimate of drug-likeness (QED) is 0.465. The van der Waals surface area contributed by atoms with Crippen LogP contribution in [-0.4, -0.2) is 14.6 Å². The predicted molar refractivity (Wildman–Crippen MR) is 97.9 cm³/mol. The van der Waals surface area contributed by atoms with Gasteiger partial charge in [0, 0.05) is 29.3 Å². The molecule has 0 saturated heterocycles. The fourth-order valence-electron chi connectivity index (χ4n) is 2.84. The Bertz CT molecular complexity index is 1040. The van der Waals surface area contributed by atoms with E-state index >= 15 is 0 Å². The molecule has 4 aromatic rings. The first-order valence-electron chi connectivity index (χ1n) is 7.80. The summed E-state index contributed by atoms with van der Waals surface area (Å²) in [5.74, 6) is 2.59. The van der Waals surface area contributed by atoms with Crippen molar-refractivity contribution in [1.82, 2.24) is 14.6 Å². The lowest BCUT2D eigenvalue weighted by atomic mass is 10.2. The van der Waals surface area contributed by atoms with Gasteiger partial charge in [-0.05, 0) is 18.6 Å². The fourth-order valence-corrected chi connectivity index (χ4v) is 4.07. The van der Waals surface area contributed by atoms with Crippen LogP contribution in [0.4, 0.5) is 0 Å². The van der Waals surface area contributed by atoms with E-state index in [1.807, 2.05) is 43.3 Å². The van der Waals surface area contributed by atoms with Gasteiger partial charge in [0.2, 0.25) is 0 Å². The molecule has 0 fully saturated rings. The minimum absolute atomic E-state index is 0.751. The topological polar surface area (TPSA) is 43.3 Å². The Morgan fingerprint density at radius 2 is 2.00 bits per heavy atom. The van der Waals surface area contributed by atoms with E-state index < -0.39 is 0 Å². The van der Waals surface area contributed by atoms with E-state index in [2.05, 4.69) is 21.5 Å². The Morgan fingerprint density at radius 1 is 1.17 bits per heavy atom. The van der Waals surface area contributed by atoms with Gasteiger partial charge >= 0.3 is 0 Å². The second-order valence-corrected chi connectivity index (χ2v) is 7.00. The summed E-state index contributed by atoms with van der Waals surface area (Å²) in [5, 5.41) is 10.5. The molecule has 0 amide bonds. The van der Waals surface area contributed by atoms with E-state index in [1.165, 1.54) is 0 Å². The van der Waals surface area contributed by atoms with Crippen molar-refractivity contribution in [3.05, 3.63) is 58.6 Å². The highest BCUT2D eigenvalue weighted by Crippen LogP contribution is 2.32. The Labute approximate surface area is 148 Å². The second kappa shape index (κ2) is 6.15. The Kier molecular flexibility index (Phi) is 3.98. The Morgan fingerprint density at radius 3 is 2.79 bits per heavy atom. The number of hydrogen-bond acceptors (Lipinski definition) is 4. The molecule has 4 rings (SSSR count). The zero-order chi connectivity index (χ0) is 16.7. The van der Waals surface area contributed by atoms with Crippen LogP contribution in [0, 0.1) is 6.92 Å². The number of furan rings is 1. The molecule has 0 aliphatic rings. The van der Waals surface area contributed by atoms with Gasteiger partial charge in [-0.25, -0.2) is 0 Å². The molecule has 0 atom stereocenters. The highest BCUT2D eigenvalue weighted by atomic mass is 35.5. The third kappa shape index (κ3) is 2.58. The summed E-state index contributed by atoms with van der Waals surface area (Å²) < 4.78 is 7.93. The second-order valence-electron chi connectivity index (χ2n) is 5.63. The van der Waals surface area contributed by atoms with Crippen LogP contribution in [0.3, 0.4) is 0 Å². The number of thioether (sulfide) groups is 1. The SMILES string of the molecule is CCc1nnc(SCc2ccccc2Cl)c2cc3oc(C)cc3n12. The highest BCUT2D eigenvalue weighted by Gasteiger charge is 2.16. The van der Waals surface area contributed by atoms with Crippen molar-refractivity contribution in [3.8, 4) is 0 Å². The maximum atomic E-state index is 6.25. The molecule has 0 bridgehead atoms. The van der Waals surface area contributed by atoms with Gasteiger partial charge < -0.3 is 4.42 Å². The number of rotatable bonds is 4. The van der Waals surface area contributed by atoms with Crippen LogP contribution in [0.15, 0.2) is 45.8 Å². The van der Waals surface area contributed by atoms with Gasteiger partial charge in [-0.1, -0.05) is 48.5 Å². The monoisotopic (exact) mass is 357 g/mol. The van der Waals surface area contributed by atoms with Crippen LogP contribution in [0.2, 0.25) is 5.02 Å². The van der Waals surface area contributed by atoms with E-state index in [9.17, 15) is 0 Å². The minimum atomic E-state index is 0.751. The van der Waals surface area contributed by atoms with Crippen molar-refractivity contribution in [2.75, 3.05) is 0 Å². The first-order valence-corrected chi connectivity index (χ1v) is 9.17. The van der Waals surface area contributed by atoms with Crippen molar-refractivity contribution in [3.63, 3.8) is 0 Å². The molecule has 0 saturated carbocycles. The summed E-state index contributed by atoms with van der Waals surface area (Å²) in [6.07, 6.45) is 0.812. The van der Waals surface area contributed by atoms with Crippen LogP contribution in [0.5, 0.6) is 0 Å². The van der Waals surface area contributed by atoms with Gasteiger partial charge in [0.15, 0.2) is 5.58 Å². The normalized spacial score (nSPS) is 11.6. The molecule has 3 heterocycles. The maximum Gasteiger partial charge on any atom is 0.153 e. The Balaban J connectivity index is 1.78. The third-order valence-corrected chi connectivity index (χ3v) is 5.37. The molecule has 0 unspecified atom stereocenters. The molecule has 0 aliphatic heterocycles. The number of halogens is 1. The van der Waals surface area contributed by atoms with E-state index in [0.717, 1.165) is 56.0 Å². The summed E-state index contributed by atoms with van der Waals surface area (Å²) >= 11 is 7.89. The van der Waals surface area contributed by atoms with E-state index in [4.69, 9.17) is 16.0 Å². The van der Waals surface area contributed by atoms with Gasteiger partial charge in [0.05, 0.1) is 11.0 Å². The average Bonchev–Trinajstić information content (AvgIpc) is 3.10. The zero-order valence-corrected chi connectivity index (χ0v) is 15.0. The van der Waals surface area contributed by atoms with Gasteiger partial charge in [0.1, 0.15) is 16.6 Å². The number of aromatic nitrogens is 3. The molecule has 6 heteroatoms. The van der Waals surface area contributed by atoms with Crippen LogP contribution >= 0.6 is 23.4 Å². The molecule has 1 aromatic carbocycles. The fraction of sp³-hybridized carbons (Fsp3) is 0.222. The standard InChI is InChI=1S/C18H16ClN3OS/c1-3-17-20-21-18(24-10-12-6-4-5-7-13(12)19)15-9-16-14(22(15)17)8-11(2)23-16/h4-9H,3,10H2,1-2H3. The van der Waals surface area contributed by atoms with Crippen LogP contribution in [-0.2, 0) is 12.2 Å². The summed E-state index contributed by atoms with van der Waals surface area (Å²) in [4.78, 5) is 0. The van der Waals surface area contributed by atoms with E-state index in [-0.39, 0.29) is 0 Å². The van der Waals surface area contributed by atoms with Crippen LogP contribution in [0.1, 0.15) is 24.1 Å². The molecular formula is C18H16ClN3OS. The first kappa shape index (κ1) is 15.5. The molecule has 0 N–H and O–H groups in total. The lowest BCUT2D eigenvalue weighted by Gasteiger charge is -2.08. The minimum Gasteiger partial charge on any atom is -0.460 e. The van der Waals surface area contributed by atoms with Crippen molar-refractivity contribution in [1.29, 1.82) is 0 Å². The van der Waals surface area contributed by atoms with Crippen LogP contribution in [0.25, 0.3) is 16.6 Å². The molecule has 0 spiro atoms. The van der Waals surface area contributed by atoms with Crippen LogP contribution < -0.4 is 0 Å². The average molecular weight is 358 g/mol. The van der Waals surface area contributed by atoms with Gasteiger partial charge in [-0.2, -0.15) is 0 Å². The first-order chi connectivity index (χ1) is 11.7. The molecule has 3 aromatic heterocycles. The highest BCUT2D eigenvalue weighted by molar-refractivity contribution is 7.98. The molecule has 24 heavy (non-hydrogen) atoms. The van der Waals surface area contributed by atoms with Gasteiger partial charge in [-0.3, -0.25) is 4.40 Å². The largest absolute Gasteiger partial charge is 0.460 e. The lowest BCUT2D eigenvalue weighted by molar-refractivity contribution is 0.579. The summed E-state index contributed by atoms with van der Waals surface area (Å²) in [7, 11) is 0. The van der Waals surface area contributed by atoms with Gasteiger partial charge in [-0.15, -0.1) is 10.2 Å². The number of fused-ring (bicyclic) bond motifs is 3. The number of nitrogens with zero attached hydrogens (tertiary/aromatic N) is 3. The van der Waals surface area contributed by atoms with Crippen molar-refractivity contribution >= 4 is 40.0 Å². The molecule has 122 valence electrons. The summed E-state index contributed by atoms with van der Waals surface area (Å²) in [5.41, 5.74) is 4.05. The van der Waals surface area contributed by atoms with E-state index in [1.54, 1.807) is 11.8 Å². The summed E-state index contributed by atoms with van der Waals surface area (Å²) in [6.45, 7) is 4.04. The zero-order valence-electron chi connectivity index (χ0n) is 13.4. The lowest BCUT2D eigenvalue weighted by Crippen LogP contribution is -2.03. The Hall–Kier alpha value is -1.98. The summed E-state index contributed by atoms with van der Waals surface area (Å²) in [6, 6.07) is 12.0.